The Balaban J connectivity index is 1.78. The van der Waals surface area contributed by atoms with Crippen molar-refractivity contribution in [2.45, 2.75) is 6.04 Å². The number of carbonyl (C=O) groups is 1. The first-order valence-corrected chi connectivity index (χ1v) is 6.28. The highest BCUT2D eigenvalue weighted by Crippen LogP contribution is 2.23. The van der Waals surface area contributed by atoms with E-state index in [1.807, 2.05) is 54.6 Å². The largest absolute Gasteiger partial charge is 0.381 e. The van der Waals surface area contributed by atoms with Crippen LogP contribution in [0.5, 0.6) is 0 Å². The van der Waals surface area contributed by atoms with Gasteiger partial charge in [0.05, 0.1) is 11.4 Å². The van der Waals surface area contributed by atoms with E-state index in [0.717, 1.165) is 17.1 Å². The molecule has 0 saturated heterocycles. The maximum absolute atomic E-state index is 12.2. The molecule has 19 heavy (non-hydrogen) atoms. The van der Waals surface area contributed by atoms with Crippen LogP contribution < -0.4 is 16.0 Å². The molecule has 0 saturated carbocycles. The van der Waals surface area contributed by atoms with Gasteiger partial charge in [-0.1, -0.05) is 30.3 Å². The van der Waals surface area contributed by atoms with Crippen molar-refractivity contribution in [3.05, 3.63) is 54.6 Å². The predicted octanol–water partition coefficient (Wildman–Crippen LogP) is 2.53. The Morgan fingerprint density at radius 3 is 2.42 bits per heavy atom. The molecule has 1 atom stereocenters. The average molecular weight is 253 g/mol. The molecular formula is C15H15N3O. The Hall–Kier alpha value is -2.49. The molecule has 2 aromatic carbocycles. The van der Waals surface area contributed by atoms with Crippen molar-refractivity contribution in [1.29, 1.82) is 0 Å². The molecule has 2 aromatic rings. The molecule has 96 valence electrons. The van der Waals surface area contributed by atoms with Gasteiger partial charge in [0.15, 0.2) is 0 Å². The van der Waals surface area contributed by atoms with Crippen molar-refractivity contribution in [3.8, 4) is 0 Å². The van der Waals surface area contributed by atoms with Gasteiger partial charge in [-0.2, -0.15) is 0 Å². The van der Waals surface area contributed by atoms with E-state index < -0.39 is 0 Å². The van der Waals surface area contributed by atoms with Crippen LogP contribution >= 0.6 is 0 Å². The number of para-hydroxylation sites is 3. The number of hydrogen-bond acceptors (Lipinski definition) is 3. The first kappa shape index (κ1) is 11.6. The summed E-state index contributed by atoms with van der Waals surface area (Å²) in [5.41, 5.74) is 2.72. The third-order valence-electron chi connectivity index (χ3n) is 3.11. The Labute approximate surface area is 111 Å². The molecule has 1 heterocycles. The van der Waals surface area contributed by atoms with E-state index in [4.69, 9.17) is 0 Å². The zero-order chi connectivity index (χ0) is 13.1. The lowest BCUT2D eigenvalue weighted by molar-refractivity contribution is -0.116. The van der Waals surface area contributed by atoms with Crippen LogP contribution in [0.1, 0.15) is 0 Å². The topological polar surface area (TPSA) is 53.2 Å². The minimum Gasteiger partial charge on any atom is -0.381 e. The Kier molecular flexibility index (Phi) is 3.06. The van der Waals surface area contributed by atoms with Crippen molar-refractivity contribution in [1.82, 2.24) is 0 Å². The van der Waals surface area contributed by atoms with E-state index >= 15 is 0 Å². The predicted molar refractivity (Wildman–Crippen MR) is 77.4 cm³/mol. The molecule has 0 fully saturated rings. The highest BCUT2D eigenvalue weighted by atomic mass is 16.2. The van der Waals surface area contributed by atoms with Gasteiger partial charge in [-0.25, -0.2) is 0 Å². The van der Waals surface area contributed by atoms with Crippen LogP contribution in [0, 0.1) is 0 Å². The molecule has 0 radical (unpaired) electrons. The number of nitrogens with one attached hydrogen (secondary N) is 3. The van der Waals surface area contributed by atoms with Crippen molar-refractivity contribution in [2.75, 3.05) is 22.5 Å². The van der Waals surface area contributed by atoms with E-state index in [2.05, 4.69) is 16.0 Å². The second-order valence-corrected chi connectivity index (χ2v) is 4.48. The fourth-order valence-corrected chi connectivity index (χ4v) is 2.12. The van der Waals surface area contributed by atoms with Crippen LogP contribution in [0.25, 0.3) is 0 Å². The van der Waals surface area contributed by atoms with E-state index in [-0.39, 0.29) is 11.9 Å². The first-order chi connectivity index (χ1) is 9.33. The molecule has 4 heteroatoms. The number of amides is 1. The summed E-state index contributed by atoms with van der Waals surface area (Å²) >= 11 is 0. The number of carbonyl (C=O) groups excluding carboxylic acids is 1. The zero-order valence-corrected chi connectivity index (χ0v) is 10.4. The second-order valence-electron chi connectivity index (χ2n) is 4.48. The minimum absolute atomic E-state index is 0.0266. The maximum atomic E-state index is 12.2. The number of fused-ring (bicyclic) bond motifs is 1. The number of rotatable bonds is 2. The monoisotopic (exact) mass is 253 g/mol. The molecular weight excluding hydrogens is 238 g/mol. The van der Waals surface area contributed by atoms with Crippen molar-refractivity contribution >= 4 is 23.0 Å². The van der Waals surface area contributed by atoms with Gasteiger partial charge in [-0.15, -0.1) is 0 Å². The Bertz CT molecular complexity index is 583. The van der Waals surface area contributed by atoms with Gasteiger partial charge in [0.2, 0.25) is 5.91 Å². The molecule has 0 bridgehead atoms. The Morgan fingerprint density at radius 2 is 1.63 bits per heavy atom. The zero-order valence-electron chi connectivity index (χ0n) is 10.4. The smallest absolute Gasteiger partial charge is 0.248 e. The van der Waals surface area contributed by atoms with Crippen LogP contribution in [0.4, 0.5) is 17.1 Å². The Morgan fingerprint density at radius 1 is 0.947 bits per heavy atom. The summed E-state index contributed by atoms with van der Waals surface area (Å²) in [6.07, 6.45) is 0. The van der Waals surface area contributed by atoms with Crippen LogP contribution in [0.3, 0.4) is 0 Å². The fourth-order valence-electron chi connectivity index (χ4n) is 2.12. The molecule has 1 aliphatic heterocycles. The van der Waals surface area contributed by atoms with Gasteiger partial charge in [-0.05, 0) is 24.3 Å². The third kappa shape index (κ3) is 2.52. The first-order valence-electron chi connectivity index (χ1n) is 6.28. The highest BCUT2D eigenvalue weighted by molar-refractivity contribution is 6.00. The summed E-state index contributed by atoms with van der Waals surface area (Å²) in [5.74, 6) is -0.0266. The lowest BCUT2D eigenvalue weighted by atomic mass is 10.2. The SMILES string of the molecule is O=C1Nc2ccccc2NCC1Nc1ccccc1. The summed E-state index contributed by atoms with van der Waals surface area (Å²) in [5, 5.41) is 9.44. The fraction of sp³-hybridized carbons (Fsp3) is 0.133. The summed E-state index contributed by atoms with van der Waals surface area (Å²) in [6, 6.07) is 17.1. The van der Waals surface area contributed by atoms with Crippen molar-refractivity contribution in [3.63, 3.8) is 0 Å². The quantitative estimate of drug-likeness (QED) is 0.771. The molecule has 4 nitrogen and oxygen atoms in total. The van der Waals surface area contributed by atoms with Gasteiger partial charge >= 0.3 is 0 Å². The van der Waals surface area contributed by atoms with Crippen LogP contribution in [0.2, 0.25) is 0 Å². The van der Waals surface area contributed by atoms with Crippen LogP contribution in [-0.4, -0.2) is 18.5 Å². The lowest BCUT2D eigenvalue weighted by Crippen LogP contribution is -2.38. The van der Waals surface area contributed by atoms with Gasteiger partial charge in [0, 0.05) is 12.2 Å². The minimum atomic E-state index is -0.296. The summed E-state index contributed by atoms with van der Waals surface area (Å²) in [6.45, 7) is 0.553. The molecule has 0 spiro atoms. The summed E-state index contributed by atoms with van der Waals surface area (Å²) in [4.78, 5) is 12.2. The van der Waals surface area contributed by atoms with Gasteiger partial charge < -0.3 is 16.0 Å². The number of anilines is 3. The van der Waals surface area contributed by atoms with Crippen LogP contribution in [0.15, 0.2) is 54.6 Å². The molecule has 1 unspecified atom stereocenters. The molecule has 1 amide bonds. The lowest BCUT2D eigenvalue weighted by Gasteiger charge is -2.16. The number of benzene rings is 2. The molecule has 0 aromatic heterocycles. The number of hydrogen-bond donors (Lipinski definition) is 3. The second kappa shape index (κ2) is 5.02. The third-order valence-corrected chi connectivity index (χ3v) is 3.11. The van der Waals surface area contributed by atoms with E-state index in [1.54, 1.807) is 0 Å². The average Bonchev–Trinajstić information content (AvgIpc) is 2.60. The van der Waals surface area contributed by atoms with Crippen LogP contribution in [-0.2, 0) is 4.79 Å². The van der Waals surface area contributed by atoms with E-state index in [9.17, 15) is 4.79 Å². The van der Waals surface area contributed by atoms with Gasteiger partial charge in [-0.3, -0.25) is 4.79 Å². The molecule has 1 aliphatic rings. The van der Waals surface area contributed by atoms with E-state index in [0.29, 0.717) is 6.54 Å². The molecule has 0 aliphatic carbocycles. The normalized spacial score (nSPS) is 17.7. The standard InChI is InChI=1S/C15H15N3O/c19-15-14(17-11-6-2-1-3-7-11)10-16-12-8-4-5-9-13(12)18-15/h1-9,14,16-17H,10H2,(H,18,19). The van der Waals surface area contributed by atoms with Gasteiger partial charge in [0.25, 0.3) is 0 Å². The maximum Gasteiger partial charge on any atom is 0.248 e. The molecule has 3 rings (SSSR count). The highest BCUT2D eigenvalue weighted by Gasteiger charge is 2.22. The van der Waals surface area contributed by atoms with Crippen molar-refractivity contribution < 1.29 is 4.79 Å². The van der Waals surface area contributed by atoms with Gasteiger partial charge in [0.1, 0.15) is 6.04 Å². The van der Waals surface area contributed by atoms with E-state index in [1.165, 1.54) is 0 Å². The molecule has 3 N–H and O–H groups in total. The summed E-state index contributed by atoms with van der Waals surface area (Å²) in [7, 11) is 0. The summed E-state index contributed by atoms with van der Waals surface area (Å²) < 4.78 is 0. The van der Waals surface area contributed by atoms with Crippen molar-refractivity contribution in [2.24, 2.45) is 0 Å².